The van der Waals surface area contributed by atoms with E-state index in [-0.39, 0.29) is 0 Å². The van der Waals surface area contributed by atoms with Crippen molar-refractivity contribution in [1.82, 2.24) is 10.2 Å². The smallest absolute Gasteiger partial charge is 0.0184 e. The molecule has 2 nitrogen and oxygen atoms in total. The van der Waals surface area contributed by atoms with Crippen LogP contribution in [0.15, 0.2) is 12.2 Å². The monoisotopic (exact) mass is 168 g/mol. The molecule has 1 rings (SSSR count). The highest BCUT2D eigenvalue weighted by molar-refractivity contribution is 4.91. The fourth-order valence-corrected chi connectivity index (χ4v) is 1.84. The first-order valence-corrected chi connectivity index (χ1v) is 4.72. The van der Waals surface area contributed by atoms with Gasteiger partial charge < -0.3 is 10.2 Å². The molecule has 2 heteroatoms. The lowest BCUT2D eigenvalue weighted by Crippen LogP contribution is -2.28. The van der Waals surface area contributed by atoms with Crippen LogP contribution in [0, 0.1) is 5.92 Å². The van der Waals surface area contributed by atoms with Gasteiger partial charge in [0.05, 0.1) is 0 Å². The average Bonchev–Trinajstić information content (AvgIpc) is 2.37. The second kappa shape index (κ2) is 4.63. The fraction of sp³-hybridized carbons (Fsp3) is 0.800. The number of nitrogens with one attached hydrogen (secondary N) is 1. The maximum atomic E-state index is 3.91. The van der Waals surface area contributed by atoms with E-state index in [9.17, 15) is 0 Å². The van der Waals surface area contributed by atoms with Gasteiger partial charge in [-0.05, 0) is 39.4 Å². The topological polar surface area (TPSA) is 15.3 Å². The van der Waals surface area contributed by atoms with Crippen LogP contribution in [0.4, 0.5) is 0 Å². The highest BCUT2D eigenvalue weighted by Crippen LogP contribution is 2.09. The summed E-state index contributed by atoms with van der Waals surface area (Å²) in [5, 5.41) is 3.38. The molecule has 0 aliphatic carbocycles. The second-order valence-electron chi connectivity index (χ2n) is 4.01. The van der Waals surface area contributed by atoms with Crippen LogP contribution in [-0.2, 0) is 0 Å². The Hall–Kier alpha value is -0.340. The molecule has 0 saturated carbocycles. The Balaban J connectivity index is 2.16. The zero-order valence-electron chi connectivity index (χ0n) is 8.27. The largest absolute Gasteiger partial charge is 0.316 e. The number of likely N-dealkylation sites (N-methyl/N-ethyl adjacent to an activating group) is 1. The predicted octanol–water partition coefficient (Wildman–Crippen LogP) is 1.10. The summed E-state index contributed by atoms with van der Waals surface area (Å²) >= 11 is 0. The first-order chi connectivity index (χ1) is 5.68. The van der Waals surface area contributed by atoms with Gasteiger partial charge in [-0.3, -0.25) is 0 Å². The summed E-state index contributed by atoms with van der Waals surface area (Å²) in [4.78, 5) is 2.36. The summed E-state index contributed by atoms with van der Waals surface area (Å²) in [5.74, 6) is 0.856. The lowest BCUT2D eigenvalue weighted by Gasteiger charge is -2.20. The van der Waals surface area contributed by atoms with Gasteiger partial charge in [0.15, 0.2) is 0 Å². The Morgan fingerprint density at radius 1 is 1.67 bits per heavy atom. The van der Waals surface area contributed by atoms with Crippen molar-refractivity contribution < 1.29 is 0 Å². The molecule has 1 heterocycles. The van der Waals surface area contributed by atoms with Crippen LogP contribution in [0.5, 0.6) is 0 Å². The molecule has 1 fully saturated rings. The van der Waals surface area contributed by atoms with Crippen LogP contribution in [-0.4, -0.2) is 38.1 Å². The van der Waals surface area contributed by atoms with Crippen LogP contribution in [0.25, 0.3) is 0 Å². The van der Waals surface area contributed by atoms with E-state index in [0.717, 1.165) is 12.5 Å². The molecule has 1 unspecified atom stereocenters. The van der Waals surface area contributed by atoms with Crippen molar-refractivity contribution in [3.63, 3.8) is 0 Å². The van der Waals surface area contributed by atoms with E-state index in [1.807, 2.05) is 0 Å². The maximum absolute atomic E-state index is 3.91. The number of hydrogen-bond donors (Lipinski definition) is 1. The number of hydrogen-bond acceptors (Lipinski definition) is 2. The Labute approximate surface area is 75.6 Å². The third-order valence-corrected chi connectivity index (χ3v) is 2.27. The van der Waals surface area contributed by atoms with Crippen molar-refractivity contribution in [2.45, 2.75) is 13.3 Å². The molecule has 0 amide bonds. The molecule has 0 aromatic heterocycles. The minimum Gasteiger partial charge on any atom is -0.316 e. The minimum atomic E-state index is 0.856. The molecule has 0 aromatic rings. The standard InChI is InChI=1S/C10H20N2/c1-9(2)7-12(3)8-10-4-5-11-6-10/h10-11H,1,4-8H2,2-3H3. The Morgan fingerprint density at radius 3 is 2.92 bits per heavy atom. The molecule has 1 aliphatic rings. The van der Waals surface area contributed by atoms with Gasteiger partial charge in [0.25, 0.3) is 0 Å². The van der Waals surface area contributed by atoms with Crippen molar-refractivity contribution in [2.24, 2.45) is 5.92 Å². The predicted molar refractivity (Wildman–Crippen MR) is 53.3 cm³/mol. The van der Waals surface area contributed by atoms with Gasteiger partial charge in [0.2, 0.25) is 0 Å². The van der Waals surface area contributed by atoms with Crippen LogP contribution in [0.1, 0.15) is 13.3 Å². The molecule has 1 N–H and O–H groups in total. The van der Waals surface area contributed by atoms with Crippen molar-refractivity contribution in [3.8, 4) is 0 Å². The highest BCUT2D eigenvalue weighted by atomic mass is 15.1. The summed E-state index contributed by atoms with van der Waals surface area (Å²) < 4.78 is 0. The van der Waals surface area contributed by atoms with Crippen LogP contribution < -0.4 is 5.32 Å². The van der Waals surface area contributed by atoms with E-state index in [0.29, 0.717) is 0 Å². The van der Waals surface area contributed by atoms with E-state index < -0.39 is 0 Å². The quantitative estimate of drug-likeness (QED) is 0.632. The minimum absolute atomic E-state index is 0.856. The highest BCUT2D eigenvalue weighted by Gasteiger charge is 2.15. The van der Waals surface area contributed by atoms with Gasteiger partial charge >= 0.3 is 0 Å². The molecule has 0 radical (unpaired) electrons. The second-order valence-corrected chi connectivity index (χ2v) is 4.01. The Morgan fingerprint density at radius 2 is 2.42 bits per heavy atom. The van der Waals surface area contributed by atoms with E-state index in [4.69, 9.17) is 0 Å². The fourth-order valence-electron chi connectivity index (χ4n) is 1.84. The van der Waals surface area contributed by atoms with Crippen LogP contribution in [0.2, 0.25) is 0 Å². The summed E-state index contributed by atoms with van der Waals surface area (Å²) in [5.41, 5.74) is 1.25. The maximum Gasteiger partial charge on any atom is 0.0184 e. The number of rotatable bonds is 4. The average molecular weight is 168 g/mol. The zero-order chi connectivity index (χ0) is 8.97. The van der Waals surface area contributed by atoms with E-state index >= 15 is 0 Å². The van der Waals surface area contributed by atoms with Gasteiger partial charge in [0.1, 0.15) is 0 Å². The molecule has 0 bridgehead atoms. The zero-order valence-corrected chi connectivity index (χ0v) is 8.27. The van der Waals surface area contributed by atoms with Crippen LogP contribution >= 0.6 is 0 Å². The molecule has 0 spiro atoms. The molecule has 70 valence electrons. The van der Waals surface area contributed by atoms with E-state index in [2.05, 4.69) is 30.8 Å². The molecular formula is C10H20N2. The third-order valence-electron chi connectivity index (χ3n) is 2.27. The van der Waals surface area contributed by atoms with Crippen molar-refractivity contribution in [1.29, 1.82) is 0 Å². The summed E-state index contributed by atoms with van der Waals surface area (Å²) in [6.45, 7) is 10.6. The van der Waals surface area contributed by atoms with E-state index in [1.54, 1.807) is 0 Å². The van der Waals surface area contributed by atoms with Crippen molar-refractivity contribution in [3.05, 3.63) is 12.2 Å². The lowest BCUT2D eigenvalue weighted by atomic mass is 10.1. The summed E-state index contributed by atoms with van der Waals surface area (Å²) in [6.07, 6.45) is 1.33. The van der Waals surface area contributed by atoms with Gasteiger partial charge in [-0.2, -0.15) is 0 Å². The number of nitrogens with zero attached hydrogens (tertiary/aromatic N) is 1. The molecule has 1 atom stereocenters. The third kappa shape index (κ3) is 3.37. The Bertz CT molecular complexity index is 148. The SMILES string of the molecule is C=C(C)CN(C)CC1CCNC1. The normalized spacial score (nSPS) is 23.4. The molecular weight excluding hydrogens is 148 g/mol. The van der Waals surface area contributed by atoms with Gasteiger partial charge in [0, 0.05) is 13.1 Å². The summed E-state index contributed by atoms with van der Waals surface area (Å²) in [7, 11) is 2.17. The van der Waals surface area contributed by atoms with Crippen molar-refractivity contribution in [2.75, 3.05) is 33.2 Å². The first-order valence-electron chi connectivity index (χ1n) is 4.72. The first kappa shape index (κ1) is 9.75. The molecule has 12 heavy (non-hydrogen) atoms. The van der Waals surface area contributed by atoms with Gasteiger partial charge in [-0.1, -0.05) is 12.2 Å². The van der Waals surface area contributed by atoms with Crippen molar-refractivity contribution >= 4 is 0 Å². The summed E-state index contributed by atoms with van der Waals surface area (Å²) in [6, 6.07) is 0. The van der Waals surface area contributed by atoms with Gasteiger partial charge in [-0.25, -0.2) is 0 Å². The van der Waals surface area contributed by atoms with Gasteiger partial charge in [-0.15, -0.1) is 0 Å². The molecule has 1 aliphatic heterocycles. The van der Waals surface area contributed by atoms with Crippen LogP contribution in [0.3, 0.4) is 0 Å². The molecule has 0 aromatic carbocycles. The lowest BCUT2D eigenvalue weighted by molar-refractivity contribution is 0.306. The Kier molecular flexibility index (Phi) is 3.76. The molecule has 1 saturated heterocycles. The van der Waals surface area contributed by atoms with E-state index in [1.165, 1.54) is 31.6 Å².